The average molecular weight is 468 g/mol. The normalized spacial score (nSPS) is 11.2. The van der Waals surface area contributed by atoms with E-state index in [1.807, 2.05) is 0 Å². The van der Waals surface area contributed by atoms with Gasteiger partial charge >= 0.3 is 0 Å². The van der Waals surface area contributed by atoms with Crippen LogP contribution in [0.15, 0.2) is 59.6 Å². The van der Waals surface area contributed by atoms with E-state index in [4.69, 9.17) is 23.2 Å². The van der Waals surface area contributed by atoms with Crippen molar-refractivity contribution < 1.29 is 17.6 Å². The van der Waals surface area contributed by atoms with Crippen LogP contribution >= 0.6 is 23.2 Å². The quantitative estimate of drug-likeness (QED) is 0.577. The molecule has 0 radical (unpaired) electrons. The van der Waals surface area contributed by atoms with Crippen LogP contribution in [0.3, 0.4) is 0 Å². The Labute approximate surface area is 183 Å². The summed E-state index contributed by atoms with van der Waals surface area (Å²) in [5.74, 6) is -1.33. The molecule has 156 valence electrons. The van der Waals surface area contributed by atoms with Crippen LogP contribution in [0, 0.1) is 12.7 Å². The predicted molar refractivity (Wildman–Crippen MR) is 115 cm³/mol. The molecule has 0 fully saturated rings. The van der Waals surface area contributed by atoms with Gasteiger partial charge in [-0.25, -0.2) is 17.8 Å². The van der Waals surface area contributed by atoms with E-state index in [2.05, 4.69) is 9.71 Å². The Balaban J connectivity index is 2.00. The van der Waals surface area contributed by atoms with Crippen LogP contribution in [-0.2, 0) is 10.0 Å². The number of rotatable bonds is 5. The smallest absolute Gasteiger partial charge is 0.278 e. The number of nitrogens with zero attached hydrogens (tertiary/aromatic N) is 2. The van der Waals surface area contributed by atoms with Gasteiger partial charge in [-0.05, 0) is 48.9 Å². The summed E-state index contributed by atoms with van der Waals surface area (Å²) in [5.41, 5.74) is 0.212. The van der Waals surface area contributed by atoms with Crippen LogP contribution in [0.4, 0.5) is 15.8 Å². The van der Waals surface area contributed by atoms with Crippen molar-refractivity contribution in [3.05, 3.63) is 81.8 Å². The van der Waals surface area contributed by atoms with Crippen LogP contribution < -0.4 is 9.62 Å². The number of nitrogens with one attached hydrogen (secondary N) is 1. The molecule has 0 atom stereocenters. The number of pyridine rings is 1. The molecule has 2 aromatic carbocycles. The van der Waals surface area contributed by atoms with E-state index in [0.29, 0.717) is 10.6 Å². The molecule has 1 aromatic heterocycles. The highest BCUT2D eigenvalue weighted by atomic mass is 35.5. The summed E-state index contributed by atoms with van der Waals surface area (Å²) in [6.45, 7) is 1.67. The summed E-state index contributed by atoms with van der Waals surface area (Å²) in [6, 6.07) is 11.1. The van der Waals surface area contributed by atoms with Gasteiger partial charge in [0, 0.05) is 18.3 Å². The minimum Gasteiger partial charge on any atom is -0.307 e. The second-order valence-electron chi connectivity index (χ2n) is 6.38. The first-order chi connectivity index (χ1) is 14.1. The average Bonchev–Trinajstić information content (AvgIpc) is 2.69. The van der Waals surface area contributed by atoms with Crippen molar-refractivity contribution in [1.82, 2.24) is 4.98 Å². The lowest BCUT2D eigenvalue weighted by atomic mass is 10.2. The SMILES string of the molecule is Cc1cc(S(=O)(=O)Nc2cc(Cl)cnc2C(=O)N(C)c2ccccc2F)ccc1Cl. The van der Waals surface area contributed by atoms with Crippen LogP contribution in [0.1, 0.15) is 16.1 Å². The third-order valence-electron chi connectivity index (χ3n) is 4.26. The largest absolute Gasteiger partial charge is 0.307 e. The number of hydrogen-bond acceptors (Lipinski definition) is 4. The summed E-state index contributed by atoms with van der Waals surface area (Å²) in [7, 11) is -2.72. The van der Waals surface area contributed by atoms with Crippen LogP contribution in [0.25, 0.3) is 0 Å². The maximum absolute atomic E-state index is 14.1. The molecule has 0 spiro atoms. The minimum absolute atomic E-state index is 0.0152. The van der Waals surface area contributed by atoms with E-state index in [0.717, 1.165) is 4.90 Å². The summed E-state index contributed by atoms with van der Waals surface area (Å²) in [6.07, 6.45) is 1.20. The Morgan fingerprint density at radius 3 is 2.50 bits per heavy atom. The number of sulfonamides is 1. The van der Waals surface area contributed by atoms with Gasteiger partial charge in [-0.3, -0.25) is 9.52 Å². The third-order valence-corrected chi connectivity index (χ3v) is 6.25. The van der Waals surface area contributed by atoms with Gasteiger partial charge in [0.05, 0.1) is 21.3 Å². The molecule has 1 amide bonds. The number of carbonyl (C=O) groups is 1. The lowest BCUT2D eigenvalue weighted by Gasteiger charge is -2.19. The number of aromatic nitrogens is 1. The van der Waals surface area contributed by atoms with Crippen molar-refractivity contribution >= 4 is 50.5 Å². The van der Waals surface area contributed by atoms with Gasteiger partial charge in [-0.2, -0.15) is 0 Å². The van der Waals surface area contributed by atoms with Gasteiger partial charge in [-0.1, -0.05) is 35.3 Å². The highest BCUT2D eigenvalue weighted by Crippen LogP contribution is 2.27. The first-order valence-electron chi connectivity index (χ1n) is 8.57. The number of anilines is 2. The fourth-order valence-electron chi connectivity index (χ4n) is 2.67. The molecule has 0 saturated carbocycles. The predicted octanol–water partition coefficient (Wildman–Crippen LogP) is 4.91. The zero-order valence-corrected chi connectivity index (χ0v) is 18.2. The standard InChI is InChI=1S/C20H16Cl2FN3O3S/c1-12-9-14(7-8-15(12)22)30(28,29)25-17-10-13(21)11-24-19(17)20(27)26(2)18-6-4-3-5-16(18)23/h3-11,25H,1-2H3. The second-order valence-corrected chi connectivity index (χ2v) is 8.91. The van der Waals surface area contributed by atoms with Crippen LogP contribution in [0.2, 0.25) is 10.0 Å². The topological polar surface area (TPSA) is 79.4 Å². The first kappa shape index (κ1) is 22.0. The summed E-state index contributed by atoms with van der Waals surface area (Å²) < 4.78 is 42.1. The molecule has 10 heteroatoms. The lowest BCUT2D eigenvalue weighted by Crippen LogP contribution is -2.29. The number of hydrogen-bond donors (Lipinski definition) is 1. The Morgan fingerprint density at radius 1 is 1.13 bits per heavy atom. The Kier molecular flexibility index (Phi) is 6.30. The summed E-state index contributed by atoms with van der Waals surface area (Å²) >= 11 is 11.9. The van der Waals surface area contributed by atoms with Gasteiger partial charge in [0.15, 0.2) is 5.69 Å². The third kappa shape index (κ3) is 4.56. The van der Waals surface area contributed by atoms with Crippen molar-refractivity contribution in [2.45, 2.75) is 11.8 Å². The monoisotopic (exact) mass is 467 g/mol. The molecule has 0 aliphatic carbocycles. The van der Waals surface area contributed by atoms with Crippen LogP contribution in [0.5, 0.6) is 0 Å². The van der Waals surface area contributed by atoms with Gasteiger partial charge in [0.1, 0.15) is 5.82 Å². The zero-order chi connectivity index (χ0) is 22.1. The number of aryl methyl sites for hydroxylation is 1. The second kappa shape index (κ2) is 8.59. The highest BCUT2D eigenvalue weighted by Gasteiger charge is 2.24. The Morgan fingerprint density at radius 2 is 1.83 bits per heavy atom. The zero-order valence-electron chi connectivity index (χ0n) is 15.9. The summed E-state index contributed by atoms with van der Waals surface area (Å²) in [5, 5.41) is 0.533. The van der Waals surface area contributed by atoms with Gasteiger partial charge in [0.25, 0.3) is 15.9 Å². The van der Waals surface area contributed by atoms with E-state index in [1.165, 1.54) is 55.7 Å². The van der Waals surface area contributed by atoms with E-state index >= 15 is 0 Å². The van der Waals surface area contributed by atoms with Crippen LogP contribution in [-0.4, -0.2) is 26.4 Å². The maximum Gasteiger partial charge on any atom is 0.278 e. The van der Waals surface area contributed by atoms with Crippen molar-refractivity contribution in [2.75, 3.05) is 16.7 Å². The Bertz CT molecular complexity index is 1240. The van der Waals surface area contributed by atoms with Crippen molar-refractivity contribution in [3.63, 3.8) is 0 Å². The number of amides is 1. The molecule has 3 rings (SSSR count). The molecule has 0 aliphatic rings. The molecule has 6 nitrogen and oxygen atoms in total. The van der Waals surface area contributed by atoms with E-state index < -0.39 is 21.7 Å². The fraction of sp³-hybridized carbons (Fsp3) is 0.100. The molecule has 0 aliphatic heterocycles. The van der Waals surface area contributed by atoms with E-state index in [-0.39, 0.29) is 27.0 Å². The molecular weight excluding hydrogens is 452 g/mol. The molecule has 0 unspecified atom stereocenters. The number of para-hydroxylation sites is 1. The number of carbonyl (C=O) groups excluding carboxylic acids is 1. The minimum atomic E-state index is -4.08. The van der Waals surface area contributed by atoms with Gasteiger partial charge < -0.3 is 4.90 Å². The molecule has 0 bridgehead atoms. The first-order valence-corrected chi connectivity index (χ1v) is 10.8. The molecule has 0 saturated heterocycles. The molecule has 1 N–H and O–H groups in total. The fourth-order valence-corrected chi connectivity index (χ4v) is 4.09. The number of halogens is 3. The van der Waals surface area contributed by atoms with Crippen molar-refractivity contribution in [2.24, 2.45) is 0 Å². The van der Waals surface area contributed by atoms with Gasteiger partial charge in [0.2, 0.25) is 0 Å². The lowest BCUT2D eigenvalue weighted by molar-refractivity contribution is 0.0988. The van der Waals surface area contributed by atoms with Gasteiger partial charge in [-0.15, -0.1) is 0 Å². The van der Waals surface area contributed by atoms with E-state index in [9.17, 15) is 17.6 Å². The van der Waals surface area contributed by atoms with Crippen molar-refractivity contribution in [3.8, 4) is 0 Å². The van der Waals surface area contributed by atoms with E-state index in [1.54, 1.807) is 13.0 Å². The summed E-state index contributed by atoms with van der Waals surface area (Å²) in [4.78, 5) is 17.9. The highest BCUT2D eigenvalue weighted by molar-refractivity contribution is 7.92. The maximum atomic E-state index is 14.1. The Hall–Kier alpha value is -2.68. The molecule has 3 aromatic rings. The molecular formula is C20H16Cl2FN3O3S. The molecule has 1 heterocycles. The molecule has 30 heavy (non-hydrogen) atoms. The number of benzene rings is 2. The van der Waals surface area contributed by atoms with Crippen molar-refractivity contribution in [1.29, 1.82) is 0 Å².